The van der Waals surface area contributed by atoms with Crippen LogP contribution in [0.5, 0.6) is 0 Å². The van der Waals surface area contributed by atoms with Gasteiger partial charge in [0.05, 0.1) is 10.0 Å². The highest BCUT2D eigenvalue weighted by Crippen LogP contribution is 2.42. The number of halogens is 3. The Hall–Kier alpha value is -1.07. The molecule has 2 rings (SSSR count). The molecule has 0 fully saturated rings. The Morgan fingerprint density at radius 2 is 1.73 bits per heavy atom. The van der Waals surface area contributed by atoms with Crippen LogP contribution in [0.2, 0.25) is 15.1 Å². The van der Waals surface area contributed by atoms with Crippen molar-refractivity contribution in [1.82, 2.24) is 5.32 Å². The minimum absolute atomic E-state index is 0.335. The topological polar surface area (TPSA) is 41.1 Å². The summed E-state index contributed by atoms with van der Waals surface area (Å²) >= 11 is 20.1. The lowest BCUT2D eigenvalue weighted by Crippen LogP contribution is -2.24. The zero-order valence-electron chi connectivity index (χ0n) is 11.8. The van der Waals surface area contributed by atoms with Gasteiger partial charge in [0.2, 0.25) is 0 Å². The molecule has 0 radical (unpaired) electrons. The van der Waals surface area contributed by atoms with Gasteiger partial charge >= 0.3 is 6.03 Å². The molecule has 0 spiro atoms. The Morgan fingerprint density at radius 1 is 1.09 bits per heavy atom. The molecule has 0 saturated heterocycles. The Bertz CT molecular complexity index is 699. The lowest BCUT2D eigenvalue weighted by Gasteiger charge is -2.12. The fraction of sp³-hybridized carbons (Fsp3) is 0.133. The average Bonchev–Trinajstić information content (AvgIpc) is 2.46. The first kappa shape index (κ1) is 17.3. The van der Waals surface area contributed by atoms with Gasteiger partial charge in [0, 0.05) is 27.5 Å². The number of aryl methyl sites for hydroxylation is 1. The summed E-state index contributed by atoms with van der Waals surface area (Å²) in [5.41, 5.74) is 1.61. The van der Waals surface area contributed by atoms with Crippen LogP contribution in [0.25, 0.3) is 0 Å². The number of hydrogen-bond donors (Lipinski definition) is 2. The van der Waals surface area contributed by atoms with Gasteiger partial charge < -0.3 is 10.6 Å². The van der Waals surface area contributed by atoms with Crippen molar-refractivity contribution in [2.75, 3.05) is 12.4 Å². The van der Waals surface area contributed by atoms with Crippen molar-refractivity contribution in [2.24, 2.45) is 0 Å². The Morgan fingerprint density at radius 3 is 2.32 bits per heavy atom. The summed E-state index contributed by atoms with van der Waals surface area (Å²) in [6.07, 6.45) is 0. The maximum absolute atomic E-state index is 11.3. The summed E-state index contributed by atoms with van der Waals surface area (Å²) in [7, 11) is 1.53. The molecule has 2 aromatic carbocycles. The summed E-state index contributed by atoms with van der Waals surface area (Å²) in [5, 5.41) is 6.67. The van der Waals surface area contributed by atoms with Gasteiger partial charge in [-0.15, -0.1) is 0 Å². The molecule has 0 aliphatic rings. The van der Waals surface area contributed by atoms with Crippen LogP contribution in [-0.4, -0.2) is 13.1 Å². The molecule has 0 unspecified atom stereocenters. The monoisotopic (exact) mass is 374 g/mol. The standard InChI is InChI=1S/C15H13Cl3N2OS/c1-8-3-4-9(16)5-13(8)22-14-11(17)6-10(7-12(14)18)20-15(21)19-2/h3-7H,1-2H3,(H2,19,20,21). The van der Waals surface area contributed by atoms with Crippen molar-refractivity contribution in [1.29, 1.82) is 0 Å². The third-order valence-corrected chi connectivity index (χ3v) is 5.20. The summed E-state index contributed by atoms with van der Waals surface area (Å²) in [4.78, 5) is 13.0. The summed E-state index contributed by atoms with van der Waals surface area (Å²) in [6.45, 7) is 1.99. The number of nitrogens with one attached hydrogen (secondary N) is 2. The van der Waals surface area contributed by atoms with E-state index >= 15 is 0 Å². The van der Waals surface area contributed by atoms with Crippen molar-refractivity contribution in [2.45, 2.75) is 16.7 Å². The number of amides is 2. The minimum Gasteiger partial charge on any atom is -0.341 e. The van der Waals surface area contributed by atoms with E-state index in [0.29, 0.717) is 20.8 Å². The highest BCUT2D eigenvalue weighted by atomic mass is 35.5. The van der Waals surface area contributed by atoms with Crippen molar-refractivity contribution >= 4 is 58.3 Å². The van der Waals surface area contributed by atoms with Crippen molar-refractivity contribution < 1.29 is 4.79 Å². The lowest BCUT2D eigenvalue weighted by atomic mass is 10.2. The van der Waals surface area contributed by atoms with Crippen LogP contribution < -0.4 is 10.6 Å². The molecule has 116 valence electrons. The molecule has 2 N–H and O–H groups in total. The zero-order valence-corrected chi connectivity index (χ0v) is 14.9. The predicted octanol–water partition coefficient (Wildman–Crippen LogP) is 5.86. The zero-order chi connectivity index (χ0) is 16.3. The van der Waals surface area contributed by atoms with E-state index in [1.807, 2.05) is 25.1 Å². The molecule has 0 atom stereocenters. The van der Waals surface area contributed by atoms with Crippen molar-refractivity contribution in [3.05, 3.63) is 51.0 Å². The highest BCUT2D eigenvalue weighted by Gasteiger charge is 2.13. The maximum atomic E-state index is 11.3. The third kappa shape index (κ3) is 4.23. The number of carbonyl (C=O) groups excluding carboxylic acids is 1. The van der Waals surface area contributed by atoms with E-state index in [1.165, 1.54) is 18.8 Å². The van der Waals surface area contributed by atoms with Crippen LogP contribution in [-0.2, 0) is 0 Å². The summed E-state index contributed by atoms with van der Waals surface area (Å²) in [6, 6.07) is 8.62. The highest BCUT2D eigenvalue weighted by molar-refractivity contribution is 7.99. The number of benzene rings is 2. The SMILES string of the molecule is CNC(=O)Nc1cc(Cl)c(Sc2cc(Cl)ccc2C)c(Cl)c1. The van der Waals surface area contributed by atoms with Gasteiger partial charge in [0.15, 0.2) is 0 Å². The van der Waals surface area contributed by atoms with Gasteiger partial charge in [-0.05, 0) is 36.8 Å². The van der Waals surface area contributed by atoms with E-state index in [-0.39, 0.29) is 6.03 Å². The van der Waals surface area contributed by atoms with E-state index in [2.05, 4.69) is 10.6 Å². The molecular weight excluding hydrogens is 363 g/mol. The smallest absolute Gasteiger partial charge is 0.318 e. The van der Waals surface area contributed by atoms with Gasteiger partial charge in [0.25, 0.3) is 0 Å². The van der Waals surface area contributed by atoms with Crippen molar-refractivity contribution in [3.63, 3.8) is 0 Å². The summed E-state index contributed by atoms with van der Waals surface area (Å²) < 4.78 is 0. The van der Waals surface area contributed by atoms with Crippen molar-refractivity contribution in [3.8, 4) is 0 Å². The van der Waals surface area contributed by atoms with Crippen LogP contribution in [0.1, 0.15) is 5.56 Å². The molecule has 22 heavy (non-hydrogen) atoms. The van der Waals surface area contributed by atoms with Gasteiger partial charge in [-0.25, -0.2) is 4.79 Å². The molecule has 0 saturated carbocycles. The summed E-state index contributed by atoms with van der Waals surface area (Å²) in [5.74, 6) is 0. The fourth-order valence-electron chi connectivity index (χ4n) is 1.72. The molecule has 0 aromatic heterocycles. The molecule has 0 bridgehead atoms. The number of urea groups is 1. The fourth-order valence-corrected chi connectivity index (χ4v) is 3.62. The number of hydrogen-bond acceptors (Lipinski definition) is 2. The average molecular weight is 376 g/mol. The second kappa shape index (κ2) is 7.47. The van der Waals surface area contributed by atoms with Crippen LogP contribution >= 0.6 is 46.6 Å². The second-order valence-electron chi connectivity index (χ2n) is 4.49. The Labute approximate surface area is 148 Å². The molecule has 2 aromatic rings. The number of rotatable bonds is 3. The van der Waals surface area contributed by atoms with E-state index < -0.39 is 0 Å². The molecule has 2 amide bonds. The van der Waals surface area contributed by atoms with Gasteiger partial charge in [0.1, 0.15) is 0 Å². The van der Waals surface area contributed by atoms with Crippen LogP contribution in [0.3, 0.4) is 0 Å². The normalized spacial score (nSPS) is 10.4. The molecule has 0 aliphatic carbocycles. The first-order valence-corrected chi connectivity index (χ1v) is 8.27. The van der Waals surface area contributed by atoms with Crippen LogP contribution in [0.4, 0.5) is 10.5 Å². The first-order chi connectivity index (χ1) is 10.4. The van der Waals surface area contributed by atoms with Gasteiger partial charge in [-0.1, -0.05) is 52.6 Å². The van der Waals surface area contributed by atoms with E-state index in [1.54, 1.807) is 12.1 Å². The molecule has 7 heteroatoms. The first-order valence-electron chi connectivity index (χ1n) is 6.32. The van der Waals surface area contributed by atoms with Crippen LogP contribution in [0.15, 0.2) is 40.1 Å². The lowest BCUT2D eigenvalue weighted by molar-refractivity contribution is 0.254. The molecular formula is C15H13Cl3N2OS. The second-order valence-corrected chi connectivity index (χ2v) is 6.79. The predicted molar refractivity (Wildman–Crippen MR) is 94.9 cm³/mol. The molecule has 0 heterocycles. The van der Waals surface area contributed by atoms with Gasteiger partial charge in [-0.3, -0.25) is 0 Å². The van der Waals surface area contributed by atoms with Crippen LogP contribution in [0, 0.1) is 6.92 Å². The van der Waals surface area contributed by atoms with E-state index in [9.17, 15) is 4.79 Å². The van der Waals surface area contributed by atoms with E-state index in [0.717, 1.165) is 15.4 Å². The minimum atomic E-state index is -0.335. The van der Waals surface area contributed by atoms with Gasteiger partial charge in [-0.2, -0.15) is 0 Å². The third-order valence-electron chi connectivity index (χ3n) is 2.85. The van der Waals surface area contributed by atoms with E-state index in [4.69, 9.17) is 34.8 Å². The largest absolute Gasteiger partial charge is 0.341 e. The number of anilines is 1. The molecule has 0 aliphatic heterocycles. The number of carbonyl (C=O) groups is 1. The maximum Gasteiger partial charge on any atom is 0.318 e. The molecule has 3 nitrogen and oxygen atoms in total. The Balaban J connectivity index is 2.32. The quantitative estimate of drug-likeness (QED) is 0.705. The Kier molecular flexibility index (Phi) is 5.87.